The van der Waals surface area contributed by atoms with Crippen molar-refractivity contribution in [2.75, 3.05) is 0 Å². The normalized spacial score (nSPS) is 10.3. The third-order valence-corrected chi connectivity index (χ3v) is 4.43. The van der Waals surface area contributed by atoms with Crippen LogP contribution in [-0.2, 0) is 13.2 Å². The van der Waals surface area contributed by atoms with E-state index >= 15 is 0 Å². The molecule has 0 aliphatic carbocycles. The van der Waals surface area contributed by atoms with Gasteiger partial charge in [0.05, 0.1) is 6.20 Å². The molecular formula is C26H19F2N3O3. The van der Waals surface area contributed by atoms with Crippen LogP contribution < -0.4 is 14.2 Å². The molecule has 2 aromatic carbocycles. The number of hydrogen-bond acceptors (Lipinski definition) is 6. The first-order valence-electron chi connectivity index (χ1n) is 10.3. The molecule has 2 heterocycles. The zero-order valence-corrected chi connectivity index (χ0v) is 17.9. The van der Waals surface area contributed by atoms with Gasteiger partial charge in [-0.2, -0.15) is 13.8 Å². The lowest BCUT2D eigenvalue weighted by Crippen LogP contribution is -2.05. The molecule has 34 heavy (non-hydrogen) atoms. The van der Waals surface area contributed by atoms with E-state index in [0.29, 0.717) is 17.9 Å². The van der Waals surface area contributed by atoms with Crippen molar-refractivity contribution in [3.8, 4) is 29.5 Å². The highest BCUT2D eigenvalue weighted by Crippen LogP contribution is 2.24. The Morgan fingerprint density at radius 3 is 1.94 bits per heavy atom. The number of nitrogens with zero attached hydrogens (tertiary/aromatic N) is 3. The smallest absolute Gasteiger partial charge is 0.388 e. The molecule has 4 aromatic rings. The Balaban J connectivity index is 1.52. The minimum atomic E-state index is -2.93. The molecule has 0 aliphatic heterocycles. The maximum Gasteiger partial charge on any atom is 0.388 e. The maximum absolute atomic E-state index is 12.3. The number of hydrogen-bond donors (Lipinski definition) is 0. The van der Waals surface area contributed by atoms with Gasteiger partial charge in [-0.15, -0.1) is 0 Å². The highest BCUT2D eigenvalue weighted by Gasteiger charge is 2.11. The zero-order valence-electron chi connectivity index (χ0n) is 17.9. The second kappa shape index (κ2) is 11.4. The molecule has 0 amide bonds. The molecule has 6 nitrogen and oxygen atoms in total. The summed E-state index contributed by atoms with van der Waals surface area (Å²) in [5.74, 6) is 6.02. The first-order chi connectivity index (χ1) is 16.7. The van der Waals surface area contributed by atoms with Gasteiger partial charge in [0.15, 0.2) is 0 Å². The summed E-state index contributed by atoms with van der Waals surface area (Å²) in [4.78, 5) is 12.6. The Hall–Kier alpha value is -4.51. The third-order valence-electron chi connectivity index (χ3n) is 4.43. The van der Waals surface area contributed by atoms with Crippen molar-refractivity contribution in [1.29, 1.82) is 0 Å². The van der Waals surface area contributed by atoms with Gasteiger partial charge in [-0.3, -0.25) is 0 Å². The van der Waals surface area contributed by atoms with Crippen LogP contribution in [0.2, 0.25) is 0 Å². The van der Waals surface area contributed by atoms with E-state index in [4.69, 9.17) is 9.47 Å². The molecule has 4 rings (SSSR count). The van der Waals surface area contributed by atoms with Crippen LogP contribution in [0.3, 0.4) is 0 Å². The lowest BCUT2D eigenvalue weighted by Gasteiger charge is -2.11. The van der Waals surface area contributed by atoms with Crippen LogP contribution >= 0.6 is 0 Å². The molecule has 0 bridgehead atoms. The van der Waals surface area contributed by atoms with Gasteiger partial charge in [-0.25, -0.2) is 9.97 Å². The maximum atomic E-state index is 12.3. The molecule has 0 aliphatic rings. The highest BCUT2D eigenvalue weighted by atomic mass is 19.3. The first-order valence-corrected chi connectivity index (χ1v) is 10.3. The Morgan fingerprint density at radius 2 is 1.35 bits per heavy atom. The molecule has 0 saturated heterocycles. The number of alkyl halides is 2. The summed E-state index contributed by atoms with van der Waals surface area (Å²) in [6.07, 6.45) is 2.81. The average Bonchev–Trinajstić information content (AvgIpc) is 2.87. The lowest BCUT2D eigenvalue weighted by molar-refractivity contribution is -0.0528. The van der Waals surface area contributed by atoms with E-state index in [9.17, 15) is 8.78 Å². The van der Waals surface area contributed by atoms with Gasteiger partial charge in [0.1, 0.15) is 18.9 Å². The lowest BCUT2D eigenvalue weighted by atomic mass is 10.2. The van der Waals surface area contributed by atoms with E-state index < -0.39 is 6.61 Å². The molecule has 8 heteroatoms. The summed E-state index contributed by atoms with van der Waals surface area (Å²) in [7, 11) is 0. The minimum Gasteiger partial charge on any atom is -0.469 e. The van der Waals surface area contributed by atoms with Crippen LogP contribution in [0.25, 0.3) is 0 Å². The Morgan fingerprint density at radius 1 is 0.706 bits per heavy atom. The van der Waals surface area contributed by atoms with Gasteiger partial charge >= 0.3 is 6.61 Å². The van der Waals surface area contributed by atoms with Crippen LogP contribution in [0.1, 0.15) is 22.4 Å². The fourth-order valence-electron chi connectivity index (χ4n) is 2.82. The van der Waals surface area contributed by atoms with Gasteiger partial charge in [0.2, 0.25) is 5.88 Å². The number of rotatable bonds is 8. The molecule has 2 aromatic heterocycles. The molecular weight excluding hydrogens is 440 g/mol. The topological polar surface area (TPSA) is 66.4 Å². The van der Waals surface area contributed by atoms with Crippen molar-refractivity contribution < 1.29 is 23.0 Å². The van der Waals surface area contributed by atoms with E-state index in [1.807, 2.05) is 60.7 Å². The van der Waals surface area contributed by atoms with Crippen LogP contribution in [0, 0.1) is 11.8 Å². The molecule has 0 radical (unpaired) electrons. The van der Waals surface area contributed by atoms with E-state index in [2.05, 4.69) is 31.5 Å². The van der Waals surface area contributed by atoms with Crippen LogP contribution in [-0.4, -0.2) is 21.6 Å². The minimum absolute atomic E-state index is 0.183. The fraction of sp³-hybridized carbons (Fsp3) is 0.115. The highest BCUT2D eigenvalue weighted by molar-refractivity contribution is 5.41. The average molecular weight is 459 g/mol. The van der Waals surface area contributed by atoms with Gasteiger partial charge < -0.3 is 14.2 Å². The van der Waals surface area contributed by atoms with Gasteiger partial charge in [-0.1, -0.05) is 66.6 Å². The largest absolute Gasteiger partial charge is 0.469 e. The van der Waals surface area contributed by atoms with Gasteiger partial charge in [0, 0.05) is 17.8 Å². The van der Waals surface area contributed by atoms with Crippen molar-refractivity contribution in [2.45, 2.75) is 19.8 Å². The predicted octanol–water partition coefficient (Wildman–Crippen LogP) is 5.03. The van der Waals surface area contributed by atoms with Crippen molar-refractivity contribution in [2.24, 2.45) is 0 Å². The number of aromatic nitrogens is 3. The summed E-state index contributed by atoms with van der Waals surface area (Å²) >= 11 is 0. The van der Waals surface area contributed by atoms with Crippen LogP contribution in [0.15, 0.2) is 85.2 Å². The van der Waals surface area contributed by atoms with Gasteiger partial charge in [-0.05, 0) is 23.1 Å². The number of pyridine rings is 1. The summed E-state index contributed by atoms with van der Waals surface area (Å²) < 4.78 is 40.5. The summed E-state index contributed by atoms with van der Waals surface area (Å²) in [5, 5.41) is 0. The Bertz CT molecular complexity index is 1260. The quantitative estimate of drug-likeness (QED) is 0.344. The summed E-state index contributed by atoms with van der Waals surface area (Å²) in [6.45, 7) is -2.35. The number of ether oxygens (including phenoxy) is 3. The standard InChI is InChI=1S/C26H19F2N3O3/c27-26(28)34-23-14-12-19(15-29-23)11-13-22-16-30-24(32-17-20-7-3-1-4-8-20)25(31-22)33-18-21-9-5-2-6-10-21/h1-10,12,14-16,26H,17-18H2. The molecule has 170 valence electrons. The van der Waals surface area contributed by atoms with E-state index in [-0.39, 0.29) is 24.2 Å². The molecule has 0 unspecified atom stereocenters. The summed E-state index contributed by atoms with van der Waals surface area (Å²) in [5.41, 5.74) is 2.79. The molecule has 0 N–H and O–H groups in total. The predicted molar refractivity (Wildman–Crippen MR) is 120 cm³/mol. The molecule has 0 atom stereocenters. The monoisotopic (exact) mass is 459 g/mol. The fourth-order valence-corrected chi connectivity index (χ4v) is 2.82. The molecule has 0 saturated carbocycles. The van der Waals surface area contributed by atoms with Crippen LogP contribution in [0.4, 0.5) is 8.78 Å². The van der Waals surface area contributed by atoms with Gasteiger partial charge in [0.25, 0.3) is 11.8 Å². The SMILES string of the molecule is FC(F)Oc1ccc(C#Cc2cnc(OCc3ccccc3)c(OCc3ccccc3)n2)cn1. The van der Waals surface area contributed by atoms with Crippen molar-refractivity contribution in [3.05, 3.63) is 108 Å². The number of halogens is 2. The second-order valence-electron chi connectivity index (χ2n) is 6.93. The van der Waals surface area contributed by atoms with Crippen molar-refractivity contribution in [3.63, 3.8) is 0 Å². The summed E-state index contributed by atoms with van der Waals surface area (Å²) in [6, 6.07) is 22.2. The van der Waals surface area contributed by atoms with Crippen molar-refractivity contribution >= 4 is 0 Å². The number of benzene rings is 2. The zero-order chi connectivity index (χ0) is 23.6. The van der Waals surface area contributed by atoms with E-state index in [1.165, 1.54) is 24.5 Å². The molecule has 0 spiro atoms. The van der Waals surface area contributed by atoms with E-state index in [0.717, 1.165) is 11.1 Å². The Kier molecular flexibility index (Phi) is 7.59. The third kappa shape index (κ3) is 6.74. The molecule has 0 fully saturated rings. The van der Waals surface area contributed by atoms with E-state index in [1.54, 1.807) is 0 Å². The van der Waals surface area contributed by atoms with Crippen molar-refractivity contribution in [1.82, 2.24) is 15.0 Å². The van der Waals surface area contributed by atoms with Crippen LogP contribution in [0.5, 0.6) is 17.6 Å². The first kappa shape index (κ1) is 22.7. The Labute approximate surface area is 195 Å². The second-order valence-corrected chi connectivity index (χ2v) is 6.93.